The van der Waals surface area contributed by atoms with Gasteiger partial charge in [0.25, 0.3) is 5.91 Å². The van der Waals surface area contributed by atoms with E-state index in [4.69, 9.17) is 4.74 Å². The third kappa shape index (κ3) is 4.64. The molecule has 0 spiro atoms. The van der Waals surface area contributed by atoms with Crippen LogP contribution in [-0.2, 0) is 30.9 Å². The zero-order valence-corrected chi connectivity index (χ0v) is 20.1. The molecule has 2 N–H and O–H groups in total. The molecule has 0 bridgehead atoms. The first-order valence-electron chi connectivity index (χ1n) is 11.1. The number of piperidine rings is 1. The lowest BCUT2D eigenvalue weighted by Crippen LogP contribution is -2.52. The maximum atomic E-state index is 13.5. The molecule has 3 aliphatic rings. The summed E-state index contributed by atoms with van der Waals surface area (Å²) in [6.45, 7) is 5.48. The molecule has 4 amide bonds. The minimum Gasteiger partial charge on any atom is -0.444 e. The van der Waals surface area contributed by atoms with Crippen LogP contribution in [-0.4, -0.2) is 72.2 Å². The Hall–Kier alpha value is -2.99. The average molecular weight is 493 g/mol. The van der Waals surface area contributed by atoms with E-state index in [1.165, 1.54) is 21.3 Å². The predicted octanol–water partition coefficient (Wildman–Crippen LogP) is 0.735. The summed E-state index contributed by atoms with van der Waals surface area (Å²) in [4.78, 5) is 50.2. The molecule has 0 aromatic heterocycles. The smallest absolute Gasteiger partial charge is 0.407 e. The number of nitrogens with zero attached hydrogens (tertiary/aromatic N) is 2. The number of imide groups is 1. The minimum absolute atomic E-state index is 0.00561. The first-order chi connectivity index (χ1) is 15.9. The van der Waals surface area contributed by atoms with Crippen LogP contribution in [0, 0.1) is 0 Å². The zero-order valence-electron chi connectivity index (χ0n) is 19.3. The fourth-order valence-corrected chi connectivity index (χ4v) is 6.21. The van der Waals surface area contributed by atoms with Crippen molar-refractivity contribution in [3.63, 3.8) is 0 Å². The fourth-order valence-electron chi connectivity index (χ4n) is 4.48. The molecule has 2 atom stereocenters. The molecule has 12 heteroatoms. The Balaban J connectivity index is 1.51. The molecule has 2 fully saturated rings. The zero-order chi connectivity index (χ0) is 24.8. The molecule has 0 saturated carbocycles. The molecular weight excluding hydrogens is 464 g/mol. The van der Waals surface area contributed by atoms with E-state index in [1.807, 2.05) is 0 Å². The van der Waals surface area contributed by atoms with Crippen LogP contribution in [0.4, 0.5) is 4.79 Å². The number of ether oxygens (including phenoxy) is 1. The van der Waals surface area contributed by atoms with Gasteiger partial charge in [0.2, 0.25) is 21.8 Å². The van der Waals surface area contributed by atoms with Crippen LogP contribution in [0.3, 0.4) is 0 Å². The number of carbonyl (C=O) groups is 4. The summed E-state index contributed by atoms with van der Waals surface area (Å²) in [5, 5.41) is 4.94. The van der Waals surface area contributed by atoms with Gasteiger partial charge in [-0.2, -0.15) is 4.31 Å². The second-order valence-corrected chi connectivity index (χ2v) is 11.6. The van der Waals surface area contributed by atoms with Gasteiger partial charge in [0, 0.05) is 43.2 Å². The number of benzene rings is 1. The van der Waals surface area contributed by atoms with E-state index >= 15 is 0 Å². The number of fused-ring (bicyclic) bond motifs is 1. The van der Waals surface area contributed by atoms with Crippen molar-refractivity contribution < 1.29 is 32.3 Å². The Kier molecular flexibility index (Phi) is 6.15. The third-order valence-electron chi connectivity index (χ3n) is 6.03. The number of amides is 4. The van der Waals surface area contributed by atoms with Crippen molar-refractivity contribution in [1.29, 1.82) is 0 Å². The molecule has 34 heavy (non-hydrogen) atoms. The quantitative estimate of drug-likeness (QED) is 0.590. The van der Waals surface area contributed by atoms with E-state index in [1.54, 1.807) is 26.8 Å². The Morgan fingerprint density at radius 3 is 2.59 bits per heavy atom. The predicted molar refractivity (Wildman–Crippen MR) is 119 cm³/mol. The maximum Gasteiger partial charge on any atom is 0.407 e. The number of carbonyl (C=O) groups excluding carboxylic acids is 4. The van der Waals surface area contributed by atoms with E-state index in [0.29, 0.717) is 12.0 Å². The van der Waals surface area contributed by atoms with Gasteiger partial charge < -0.3 is 15.0 Å². The first kappa shape index (κ1) is 24.1. The summed E-state index contributed by atoms with van der Waals surface area (Å²) in [5.74, 6) is -1.39. The van der Waals surface area contributed by atoms with Crippen LogP contribution >= 0.6 is 0 Å². The summed E-state index contributed by atoms with van der Waals surface area (Å²) < 4.78 is 33.5. The molecule has 4 rings (SSSR count). The van der Waals surface area contributed by atoms with Gasteiger partial charge in [0.05, 0.1) is 4.90 Å². The number of hydrogen-bond acceptors (Lipinski definition) is 7. The largest absolute Gasteiger partial charge is 0.444 e. The highest BCUT2D eigenvalue weighted by atomic mass is 32.2. The molecule has 0 aliphatic carbocycles. The van der Waals surface area contributed by atoms with Gasteiger partial charge in [0.15, 0.2) is 0 Å². The number of hydrogen-bond donors (Lipinski definition) is 2. The van der Waals surface area contributed by atoms with Crippen LogP contribution < -0.4 is 10.6 Å². The van der Waals surface area contributed by atoms with E-state index in [-0.39, 0.29) is 42.9 Å². The van der Waals surface area contributed by atoms with Gasteiger partial charge in [-0.25, -0.2) is 13.2 Å². The molecule has 2 saturated heterocycles. The lowest BCUT2D eigenvalue weighted by atomic mass is 10.0. The summed E-state index contributed by atoms with van der Waals surface area (Å²) in [6.07, 6.45) is 0.121. The maximum absolute atomic E-state index is 13.5. The lowest BCUT2D eigenvalue weighted by Gasteiger charge is -2.29. The molecule has 0 radical (unpaired) electrons. The van der Waals surface area contributed by atoms with Crippen LogP contribution in [0.2, 0.25) is 0 Å². The summed E-state index contributed by atoms with van der Waals surface area (Å²) in [6, 6.07) is 3.26. The van der Waals surface area contributed by atoms with Crippen molar-refractivity contribution in [3.05, 3.63) is 29.3 Å². The summed E-state index contributed by atoms with van der Waals surface area (Å²) in [5.41, 5.74) is -0.103. The van der Waals surface area contributed by atoms with E-state index in [0.717, 1.165) is 0 Å². The Morgan fingerprint density at radius 2 is 1.91 bits per heavy atom. The Bertz CT molecular complexity index is 1160. The Morgan fingerprint density at radius 1 is 1.18 bits per heavy atom. The molecule has 3 heterocycles. The molecular formula is C22H28N4O7S. The summed E-state index contributed by atoms with van der Waals surface area (Å²) >= 11 is 0. The molecule has 1 aromatic carbocycles. The first-order valence-corrected chi connectivity index (χ1v) is 12.6. The van der Waals surface area contributed by atoms with Crippen LogP contribution in [0.25, 0.3) is 0 Å². The SMILES string of the molecule is CC(C)(C)OC(=O)N[C@@H]1CCN(S(=O)(=O)c2cccc3c2CN(C2CCC(=O)NC2=O)C3=O)C1. The van der Waals surface area contributed by atoms with E-state index < -0.39 is 51.5 Å². The van der Waals surface area contributed by atoms with E-state index in [9.17, 15) is 27.6 Å². The minimum atomic E-state index is -3.96. The van der Waals surface area contributed by atoms with Gasteiger partial charge in [-0.1, -0.05) is 6.07 Å². The number of sulfonamides is 1. The molecule has 1 aromatic rings. The normalized spacial score (nSPS) is 23.6. The lowest BCUT2D eigenvalue weighted by molar-refractivity contribution is -0.136. The fraction of sp³-hybridized carbons (Fsp3) is 0.545. The van der Waals surface area contributed by atoms with Crippen molar-refractivity contribution in [2.24, 2.45) is 0 Å². The monoisotopic (exact) mass is 492 g/mol. The highest BCUT2D eigenvalue weighted by molar-refractivity contribution is 7.89. The van der Waals surface area contributed by atoms with Crippen molar-refractivity contribution in [1.82, 2.24) is 19.8 Å². The van der Waals surface area contributed by atoms with Gasteiger partial charge in [-0.05, 0) is 45.7 Å². The van der Waals surface area contributed by atoms with Gasteiger partial charge >= 0.3 is 6.09 Å². The van der Waals surface area contributed by atoms with E-state index in [2.05, 4.69) is 10.6 Å². The second-order valence-electron chi connectivity index (χ2n) is 9.68. The third-order valence-corrected chi connectivity index (χ3v) is 7.98. The topological polar surface area (TPSA) is 142 Å². The summed E-state index contributed by atoms with van der Waals surface area (Å²) in [7, 11) is -3.96. The molecule has 184 valence electrons. The van der Waals surface area contributed by atoms with Crippen molar-refractivity contribution in [2.45, 2.75) is 69.2 Å². The van der Waals surface area contributed by atoms with Crippen LogP contribution in [0.5, 0.6) is 0 Å². The van der Waals surface area contributed by atoms with Crippen molar-refractivity contribution in [2.75, 3.05) is 13.1 Å². The second kappa shape index (κ2) is 8.66. The molecule has 11 nitrogen and oxygen atoms in total. The number of alkyl carbamates (subject to hydrolysis) is 1. The van der Waals surface area contributed by atoms with Crippen LogP contribution in [0.15, 0.2) is 23.1 Å². The van der Waals surface area contributed by atoms with Gasteiger partial charge in [-0.3, -0.25) is 19.7 Å². The van der Waals surface area contributed by atoms with Gasteiger partial charge in [0.1, 0.15) is 11.6 Å². The number of nitrogens with one attached hydrogen (secondary N) is 2. The van der Waals surface area contributed by atoms with Gasteiger partial charge in [-0.15, -0.1) is 0 Å². The standard InChI is InChI=1S/C22H28N4O7S/c1-22(2,3)33-21(30)23-13-9-10-25(11-13)34(31,32)17-6-4-5-14-15(17)12-26(20(14)29)16-7-8-18(27)24-19(16)28/h4-6,13,16H,7-12H2,1-3H3,(H,23,30)(H,24,27,28)/t13-,16?/m1/s1. The molecule has 3 aliphatic heterocycles. The Labute approximate surface area is 197 Å². The van der Waals surface area contributed by atoms with Crippen LogP contribution in [0.1, 0.15) is 56.0 Å². The van der Waals surface area contributed by atoms with Crippen molar-refractivity contribution in [3.8, 4) is 0 Å². The number of rotatable bonds is 4. The molecule has 1 unspecified atom stereocenters. The van der Waals surface area contributed by atoms with Crippen molar-refractivity contribution >= 4 is 33.8 Å². The highest BCUT2D eigenvalue weighted by Crippen LogP contribution is 2.34. The highest BCUT2D eigenvalue weighted by Gasteiger charge is 2.42. The average Bonchev–Trinajstić information content (AvgIpc) is 3.32.